The quantitative estimate of drug-likeness (QED) is 0.627. The van der Waals surface area contributed by atoms with Gasteiger partial charge in [0.2, 0.25) is 5.82 Å². The van der Waals surface area contributed by atoms with Crippen LogP contribution in [0.1, 0.15) is 24.1 Å². The van der Waals surface area contributed by atoms with Crippen molar-refractivity contribution in [2.45, 2.75) is 19.4 Å². The molecule has 0 saturated carbocycles. The van der Waals surface area contributed by atoms with Gasteiger partial charge >= 0.3 is 5.69 Å². The van der Waals surface area contributed by atoms with E-state index in [2.05, 4.69) is 46.4 Å². The van der Waals surface area contributed by atoms with Gasteiger partial charge in [-0.15, -0.1) is 0 Å². The molecule has 0 radical (unpaired) electrons. The molecule has 0 unspecified atom stereocenters. The molecule has 2 aromatic rings. The molecule has 1 aromatic heterocycles. The molecule has 0 bridgehead atoms. The molecular weight excluding hydrogens is 292 g/mol. The highest BCUT2D eigenvalue weighted by Crippen LogP contribution is 2.24. The Morgan fingerprint density at radius 2 is 1.96 bits per heavy atom. The van der Waals surface area contributed by atoms with Crippen LogP contribution in [0.25, 0.3) is 0 Å². The van der Waals surface area contributed by atoms with Crippen LogP contribution in [0.15, 0.2) is 42.6 Å². The van der Waals surface area contributed by atoms with E-state index < -0.39 is 4.92 Å². The average Bonchev–Trinajstić information content (AvgIpc) is 2.55. The van der Waals surface area contributed by atoms with E-state index in [1.54, 1.807) is 12.3 Å². The minimum absolute atomic E-state index is 0.00802. The first kappa shape index (κ1) is 16.9. The number of aryl methyl sites for hydroxylation is 1. The van der Waals surface area contributed by atoms with Crippen LogP contribution < -0.4 is 5.32 Å². The Morgan fingerprint density at radius 3 is 2.52 bits per heavy atom. The van der Waals surface area contributed by atoms with E-state index >= 15 is 0 Å². The molecule has 0 aliphatic rings. The first-order valence-electron chi connectivity index (χ1n) is 7.61. The fourth-order valence-corrected chi connectivity index (χ4v) is 2.45. The van der Waals surface area contributed by atoms with Crippen molar-refractivity contribution < 1.29 is 4.92 Å². The zero-order valence-electron chi connectivity index (χ0n) is 13.7. The molecular formula is C17H22N4O2. The third-order valence-electron chi connectivity index (χ3n) is 3.84. The molecule has 0 aliphatic carbocycles. The summed E-state index contributed by atoms with van der Waals surface area (Å²) < 4.78 is 0. The maximum absolute atomic E-state index is 11.1. The zero-order valence-corrected chi connectivity index (χ0v) is 13.7. The van der Waals surface area contributed by atoms with Crippen molar-refractivity contribution in [1.29, 1.82) is 0 Å². The van der Waals surface area contributed by atoms with E-state index in [9.17, 15) is 10.1 Å². The lowest BCUT2D eigenvalue weighted by atomic mass is 10.0. The first-order valence-corrected chi connectivity index (χ1v) is 7.61. The topological polar surface area (TPSA) is 71.3 Å². The zero-order chi connectivity index (χ0) is 16.8. The Hall–Kier alpha value is -2.47. The van der Waals surface area contributed by atoms with Crippen molar-refractivity contribution in [3.63, 3.8) is 0 Å². The summed E-state index contributed by atoms with van der Waals surface area (Å²) >= 11 is 0. The Kier molecular flexibility index (Phi) is 5.65. The fraction of sp³-hybridized carbons (Fsp3) is 0.353. The summed E-state index contributed by atoms with van der Waals surface area (Å²) in [5.41, 5.74) is 2.45. The van der Waals surface area contributed by atoms with Crippen LogP contribution in [0, 0.1) is 10.1 Å². The minimum Gasteiger partial charge on any atom is -0.362 e. The molecule has 2 rings (SSSR count). The Balaban J connectivity index is 2.16. The van der Waals surface area contributed by atoms with Gasteiger partial charge in [0, 0.05) is 18.8 Å². The summed E-state index contributed by atoms with van der Waals surface area (Å²) in [5.74, 6) is 0.300. The monoisotopic (exact) mass is 314 g/mol. The molecule has 0 saturated heterocycles. The standard InChI is InChI=1S/C17H22N4O2/c1-4-13-7-9-14(10-8-13)16(20(2)3)12-19-17-15(21(22)23)6-5-11-18-17/h5-11,16H,4,12H2,1-3H3,(H,18,19)/t16-/m1/s1. The number of anilines is 1. The van der Waals surface area contributed by atoms with Crippen LogP contribution in [0.5, 0.6) is 0 Å². The van der Waals surface area contributed by atoms with Gasteiger partial charge in [-0.25, -0.2) is 4.98 Å². The second-order valence-corrected chi connectivity index (χ2v) is 5.58. The number of rotatable bonds is 7. The molecule has 1 aromatic carbocycles. The number of hydrogen-bond acceptors (Lipinski definition) is 5. The first-order chi connectivity index (χ1) is 11.0. The molecule has 0 fully saturated rings. The predicted molar refractivity (Wildman–Crippen MR) is 91.6 cm³/mol. The largest absolute Gasteiger partial charge is 0.362 e. The van der Waals surface area contributed by atoms with Gasteiger partial charge in [-0.2, -0.15) is 0 Å². The highest BCUT2D eigenvalue weighted by molar-refractivity contribution is 5.55. The van der Waals surface area contributed by atoms with Crippen molar-refractivity contribution in [2.75, 3.05) is 26.0 Å². The van der Waals surface area contributed by atoms with Gasteiger partial charge in [0.1, 0.15) is 0 Å². The SMILES string of the molecule is CCc1ccc([C@@H](CNc2ncccc2[N+](=O)[O-])N(C)C)cc1. The number of nitrogens with one attached hydrogen (secondary N) is 1. The molecule has 122 valence electrons. The number of pyridine rings is 1. The molecule has 6 heteroatoms. The molecule has 1 N–H and O–H groups in total. The Labute approximate surface area is 136 Å². The van der Waals surface area contributed by atoms with E-state index in [1.165, 1.54) is 17.2 Å². The normalized spacial score (nSPS) is 12.2. The van der Waals surface area contributed by atoms with Gasteiger partial charge < -0.3 is 10.2 Å². The molecule has 0 spiro atoms. The van der Waals surface area contributed by atoms with Crippen molar-refractivity contribution in [2.24, 2.45) is 0 Å². The van der Waals surface area contributed by atoms with Crippen LogP contribution in [0.2, 0.25) is 0 Å². The average molecular weight is 314 g/mol. The van der Waals surface area contributed by atoms with Gasteiger partial charge in [0.15, 0.2) is 0 Å². The number of nitrogens with zero attached hydrogens (tertiary/aromatic N) is 3. The maximum atomic E-state index is 11.1. The Bertz CT molecular complexity index is 656. The maximum Gasteiger partial charge on any atom is 0.311 e. The van der Waals surface area contributed by atoms with Crippen LogP contribution >= 0.6 is 0 Å². The van der Waals surface area contributed by atoms with E-state index in [0.717, 1.165) is 6.42 Å². The third-order valence-corrected chi connectivity index (χ3v) is 3.84. The smallest absolute Gasteiger partial charge is 0.311 e. The molecule has 1 heterocycles. The van der Waals surface area contributed by atoms with Gasteiger partial charge in [0.25, 0.3) is 0 Å². The molecule has 1 atom stereocenters. The summed E-state index contributed by atoms with van der Waals surface area (Å²) in [6, 6.07) is 11.6. The van der Waals surface area contributed by atoms with Gasteiger partial charge in [0.05, 0.1) is 11.0 Å². The fourth-order valence-electron chi connectivity index (χ4n) is 2.45. The second-order valence-electron chi connectivity index (χ2n) is 5.58. The highest BCUT2D eigenvalue weighted by atomic mass is 16.6. The van der Waals surface area contributed by atoms with Crippen LogP contribution in [0.3, 0.4) is 0 Å². The van der Waals surface area contributed by atoms with Crippen molar-refractivity contribution in [3.05, 3.63) is 63.8 Å². The van der Waals surface area contributed by atoms with Gasteiger partial charge in [-0.3, -0.25) is 10.1 Å². The number of hydrogen-bond donors (Lipinski definition) is 1. The van der Waals surface area contributed by atoms with Crippen LogP contribution in [0.4, 0.5) is 11.5 Å². The summed E-state index contributed by atoms with van der Waals surface area (Å²) in [6.07, 6.45) is 2.56. The van der Waals surface area contributed by atoms with Gasteiger partial charge in [-0.05, 0) is 37.7 Å². The van der Waals surface area contributed by atoms with Crippen LogP contribution in [-0.4, -0.2) is 35.4 Å². The predicted octanol–water partition coefficient (Wildman–Crippen LogP) is 3.27. The third kappa shape index (κ3) is 4.26. The summed E-state index contributed by atoms with van der Waals surface area (Å²) in [4.78, 5) is 16.8. The molecule has 0 amide bonds. The number of benzene rings is 1. The number of likely N-dealkylation sites (N-methyl/N-ethyl adjacent to an activating group) is 1. The molecule has 6 nitrogen and oxygen atoms in total. The molecule has 23 heavy (non-hydrogen) atoms. The van der Waals surface area contributed by atoms with Gasteiger partial charge in [-0.1, -0.05) is 31.2 Å². The van der Waals surface area contributed by atoms with Crippen molar-refractivity contribution >= 4 is 11.5 Å². The van der Waals surface area contributed by atoms with E-state index in [0.29, 0.717) is 12.4 Å². The number of nitro groups is 1. The van der Waals surface area contributed by atoms with E-state index in [-0.39, 0.29) is 11.7 Å². The highest BCUT2D eigenvalue weighted by Gasteiger charge is 2.18. The van der Waals surface area contributed by atoms with Crippen LogP contribution in [-0.2, 0) is 6.42 Å². The minimum atomic E-state index is -0.421. The lowest BCUT2D eigenvalue weighted by Crippen LogP contribution is -2.27. The van der Waals surface area contributed by atoms with Crippen molar-refractivity contribution in [3.8, 4) is 0 Å². The van der Waals surface area contributed by atoms with Crippen molar-refractivity contribution in [1.82, 2.24) is 9.88 Å². The second kappa shape index (κ2) is 7.69. The Morgan fingerprint density at radius 1 is 1.26 bits per heavy atom. The summed E-state index contributed by atoms with van der Waals surface area (Å²) in [6.45, 7) is 2.66. The lowest BCUT2D eigenvalue weighted by Gasteiger charge is -2.25. The van der Waals surface area contributed by atoms with E-state index in [1.807, 2.05) is 14.1 Å². The van der Waals surface area contributed by atoms with E-state index in [4.69, 9.17) is 0 Å². The lowest BCUT2D eigenvalue weighted by molar-refractivity contribution is -0.384. The summed E-state index contributed by atoms with van der Waals surface area (Å²) in [7, 11) is 3.99. The number of aromatic nitrogens is 1. The summed E-state index contributed by atoms with van der Waals surface area (Å²) in [5, 5.41) is 14.2. The molecule has 0 aliphatic heterocycles.